The Bertz CT molecular complexity index is 113. The van der Waals surface area contributed by atoms with Crippen molar-refractivity contribution in [2.45, 2.75) is 32.5 Å². The summed E-state index contributed by atoms with van der Waals surface area (Å²) < 4.78 is 11.0. The molecule has 0 bridgehead atoms. The first-order valence-electron chi connectivity index (χ1n) is 4.62. The summed E-state index contributed by atoms with van der Waals surface area (Å²) in [5.74, 6) is 0.579. The van der Waals surface area contributed by atoms with Crippen LogP contribution in [-0.4, -0.2) is 24.8 Å². The van der Waals surface area contributed by atoms with Gasteiger partial charge >= 0.3 is 0 Å². The predicted molar refractivity (Wildman–Crippen MR) is 52.5 cm³/mol. The van der Waals surface area contributed by atoms with Crippen molar-refractivity contribution in [2.75, 3.05) is 18.5 Å². The van der Waals surface area contributed by atoms with Gasteiger partial charge < -0.3 is 9.47 Å². The third kappa shape index (κ3) is 3.87. The van der Waals surface area contributed by atoms with Crippen LogP contribution in [-0.2, 0) is 9.47 Å². The summed E-state index contributed by atoms with van der Waals surface area (Å²) in [6, 6.07) is 0. The highest BCUT2D eigenvalue weighted by Crippen LogP contribution is 2.14. The van der Waals surface area contributed by atoms with Gasteiger partial charge in [-0.25, -0.2) is 0 Å². The second-order valence-electron chi connectivity index (χ2n) is 3.39. The van der Waals surface area contributed by atoms with Crippen LogP contribution >= 0.6 is 15.9 Å². The van der Waals surface area contributed by atoms with Gasteiger partial charge in [0.15, 0.2) is 6.29 Å². The van der Waals surface area contributed by atoms with Crippen molar-refractivity contribution < 1.29 is 9.47 Å². The number of hydrogen-bond donors (Lipinski definition) is 0. The van der Waals surface area contributed by atoms with Crippen molar-refractivity contribution in [1.29, 1.82) is 0 Å². The molecule has 0 aromatic heterocycles. The van der Waals surface area contributed by atoms with E-state index in [2.05, 4.69) is 22.9 Å². The minimum atomic E-state index is 0.0697. The minimum Gasteiger partial charge on any atom is -0.353 e. The van der Waals surface area contributed by atoms with E-state index in [1.54, 1.807) is 0 Å². The quantitative estimate of drug-likeness (QED) is 0.699. The van der Waals surface area contributed by atoms with Crippen molar-refractivity contribution in [2.24, 2.45) is 5.92 Å². The molecule has 1 unspecified atom stereocenters. The van der Waals surface area contributed by atoms with Gasteiger partial charge in [0.05, 0.1) is 6.61 Å². The fraction of sp³-hybridized carbons (Fsp3) is 1.00. The average Bonchev–Trinajstić information content (AvgIpc) is 2.16. The van der Waals surface area contributed by atoms with Gasteiger partial charge in [0, 0.05) is 11.9 Å². The summed E-state index contributed by atoms with van der Waals surface area (Å²) in [6.07, 6.45) is 3.57. The van der Waals surface area contributed by atoms with Crippen LogP contribution in [0.2, 0.25) is 0 Å². The van der Waals surface area contributed by atoms with Crippen LogP contribution in [0.3, 0.4) is 0 Å². The molecule has 1 aliphatic rings. The normalized spacial score (nSPS) is 27.0. The fourth-order valence-electron chi connectivity index (χ4n) is 1.16. The Morgan fingerprint density at radius 1 is 1.58 bits per heavy atom. The van der Waals surface area contributed by atoms with E-state index in [4.69, 9.17) is 9.47 Å². The zero-order valence-electron chi connectivity index (χ0n) is 7.59. The van der Waals surface area contributed by atoms with Crippen molar-refractivity contribution >= 4 is 15.9 Å². The standard InChI is InChI=1S/C9H17BrO2/c1-8(6-10)7-12-9-4-2-3-5-11-9/h8-9H,2-7H2,1H3/t8-,9?/m1/s1. The molecule has 12 heavy (non-hydrogen) atoms. The largest absolute Gasteiger partial charge is 0.353 e. The minimum absolute atomic E-state index is 0.0697. The van der Waals surface area contributed by atoms with Crippen molar-refractivity contribution in [1.82, 2.24) is 0 Å². The molecule has 1 aliphatic heterocycles. The van der Waals surface area contributed by atoms with E-state index in [1.165, 1.54) is 12.8 Å². The summed E-state index contributed by atoms with van der Waals surface area (Å²) in [7, 11) is 0. The maximum absolute atomic E-state index is 5.58. The maximum atomic E-state index is 5.58. The van der Waals surface area contributed by atoms with Crippen LogP contribution in [0.4, 0.5) is 0 Å². The molecule has 0 amide bonds. The first kappa shape index (κ1) is 10.5. The summed E-state index contributed by atoms with van der Waals surface area (Å²) in [4.78, 5) is 0. The van der Waals surface area contributed by atoms with Crippen molar-refractivity contribution in [3.05, 3.63) is 0 Å². The second-order valence-corrected chi connectivity index (χ2v) is 4.04. The fourth-order valence-corrected chi connectivity index (χ4v) is 1.35. The van der Waals surface area contributed by atoms with Gasteiger partial charge in [-0.05, 0) is 25.2 Å². The number of halogens is 1. The topological polar surface area (TPSA) is 18.5 Å². The smallest absolute Gasteiger partial charge is 0.157 e. The number of ether oxygens (including phenoxy) is 2. The summed E-state index contributed by atoms with van der Waals surface area (Å²) >= 11 is 3.42. The van der Waals surface area contributed by atoms with Crippen LogP contribution < -0.4 is 0 Å². The molecule has 0 saturated carbocycles. The van der Waals surface area contributed by atoms with Crippen molar-refractivity contribution in [3.8, 4) is 0 Å². The Morgan fingerprint density at radius 2 is 2.42 bits per heavy atom. The Kier molecular flexibility index (Phi) is 5.19. The van der Waals surface area contributed by atoms with Crippen LogP contribution in [0.25, 0.3) is 0 Å². The molecule has 2 nitrogen and oxygen atoms in total. The van der Waals surface area contributed by atoms with E-state index >= 15 is 0 Å². The lowest BCUT2D eigenvalue weighted by Crippen LogP contribution is -2.24. The Hall–Kier alpha value is 0.400. The molecule has 1 saturated heterocycles. The lowest BCUT2D eigenvalue weighted by Gasteiger charge is -2.23. The number of hydrogen-bond acceptors (Lipinski definition) is 2. The van der Waals surface area contributed by atoms with Crippen LogP contribution in [0.5, 0.6) is 0 Å². The summed E-state index contributed by atoms with van der Waals surface area (Å²) in [5.41, 5.74) is 0. The zero-order valence-corrected chi connectivity index (χ0v) is 9.18. The average molecular weight is 237 g/mol. The van der Waals surface area contributed by atoms with Gasteiger partial charge in [-0.15, -0.1) is 0 Å². The third-order valence-electron chi connectivity index (χ3n) is 1.97. The number of alkyl halides is 1. The SMILES string of the molecule is C[C@H](CBr)COC1CCCCO1. The molecule has 0 aromatic rings. The molecule has 2 atom stereocenters. The molecule has 0 spiro atoms. The molecule has 1 fully saturated rings. The highest BCUT2D eigenvalue weighted by molar-refractivity contribution is 9.09. The molecule has 0 aliphatic carbocycles. The molecule has 1 heterocycles. The van der Waals surface area contributed by atoms with E-state index in [9.17, 15) is 0 Å². The Labute approximate surface area is 82.7 Å². The van der Waals surface area contributed by atoms with Gasteiger partial charge in [-0.1, -0.05) is 22.9 Å². The third-order valence-corrected chi connectivity index (χ3v) is 3.07. The lowest BCUT2D eigenvalue weighted by atomic mass is 10.2. The molecule has 0 radical (unpaired) electrons. The first-order valence-corrected chi connectivity index (χ1v) is 5.74. The lowest BCUT2D eigenvalue weighted by molar-refractivity contribution is -0.167. The Balaban J connectivity index is 2.05. The molecule has 1 rings (SSSR count). The van der Waals surface area contributed by atoms with Gasteiger partial charge in [0.25, 0.3) is 0 Å². The summed E-state index contributed by atoms with van der Waals surface area (Å²) in [6.45, 7) is 3.83. The van der Waals surface area contributed by atoms with Crippen LogP contribution in [0.1, 0.15) is 26.2 Å². The maximum Gasteiger partial charge on any atom is 0.157 e. The van der Waals surface area contributed by atoms with Gasteiger partial charge in [-0.3, -0.25) is 0 Å². The monoisotopic (exact) mass is 236 g/mol. The van der Waals surface area contributed by atoms with Gasteiger partial charge in [0.1, 0.15) is 0 Å². The molecule has 3 heteroatoms. The molecule has 0 aromatic carbocycles. The molecular weight excluding hydrogens is 220 g/mol. The predicted octanol–water partition coefficient (Wildman–Crippen LogP) is 2.56. The molecule has 0 N–H and O–H groups in total. The van der Waals surface area contributed by atoms with E-state index in [0.29, 0.717) is 5.92 Å². The highest BCUT2D eigenvalue weighted by atomic mass is 79.9. The zero-order chi connectivity index (χ0) is 8.81. The van der Waals surface area contributed by atoms with Gasteiger partial charge in [-0.2, -0.15) is 0 Å². The van der Waals surface area contributed by atoms with E-state index in [-0.39, 0.29) is 6.29 Å². The highest BCUT2D eigenvalue weighted by Gasteiger charge is 2.14. The molecule has 72 valence electrons. The van der Waals surface area contributed by atoms with Crippen molar-refractivity contribution in [3.63, 3.8) is 0 Å². The molecular formula is C9H17BrO2. The van der Waals surface area contributed by atoms with Crippen LogP contribution in [0, 0.1) is 5.92 Å². The van der Waals surface area contributed by atoms with E-state index < -0.39 is 0 Å². The Morgan fingerprint density at radius 3 is 3.00 bits per heavy atom. The van der Waals surface area contributed by atoms with E-state index in [0.717, 1.165) is 25.0 Å². The first-order chi connectivity index (χ1) is 5.83. The second kappa shape index (κ2) is 5.95. The summed E-state index contributed by atoms with van der Waals surface area (Å²) in [5, 5.41) is 1.000. The van der Waals surface area contributed by atoms with Gasteiger partial charge in [0.2, 0.25) is 0 Å². The van der Waals surface area contributed by atoms with E-state index in [1.807, 2.05) is 0 Å². The van der Waals surface area contributed by atoms with Crippen LogP contribution in [0.15, 0.2) is 0 Å². The number of rotatable bonds is 4.